The second-order valence-electron chi connectivity index (χ2n) is 5.23. The number of amides is 2. The summed E-state index contributed by atoms with van der Waals surface area (Å²) in [5.74, 6) is 0.736. The summed E-state index contributed by atoms with van der Waals surface area (Å²) in [7, 11) is 3.10. The van der Waals surface area contributed by atoms with Crippen molar-refractivity contribution in [3.8, 4) is 11.5 Å². The second kappa shape index (κ2) is 7.50. The molecule has 0 aromatic heterocycles. The standard InChI is InChI=1S/C18H20N2O4/c1-11-9-16(23-3)17(24-4)10-15(11)20-18(22)13-5-7-14(8-6-13)19-12(2)21/h5-10H,1-4H3,(H,19,21)(H,20,22). The molecule has 0 radical (unpaired) electrons. The normalized spacial score (nSPS) is 10.0. The molecule has 6 heteroatoms. The van der Waals surface area contributed by atoms with E-state index in [-0.39, 0.29) is 11.8 Å². The van der Waals surface area contributed by atoms with Crippen LogP contribution in [0.4, 0.5) is 11.4 Å². The number of hydrogen-bond donors (Lipinski definition) is 2. The lowest BCUT2D eigenvalue weighted by molar-refractivity contribution is -0.114. The molecule has 24 heavy (non-hydrogen) atoms. The Morgan fingerprint density at radius 2 is 1.50 bits per heavy atom. The maximum atomic E-state index is 12.4. The Hall–Kier alpha value is -3.02. The minimum Gasteiger partial charge on any atom is -0.493 e. The van der Waals surface area contributed by atoms with Gasteiger partial charge in [0.1, 0.15) is 0 Å². The van der Waals surface area contributed by atoms with Crippen molar-refractivity contribution in [1.29, 1.82) is 0 Å². The number of anilines is 2. The molecule has 2 aromatic carbocycles. The van der Waals surface area contributed by atoms with Crippen molar-refractivity contribution in [1.82, 2.24) is 0 Å². The van der Waals surface area contributed by atoms with Gasteiger partial charge in [0, 0.05) is 29.9 Å². The predicted octanol–water partition coefficient (Wildman–Crippen LogP) is 3.22. The molecule has 0 aliphatic carbocycles. The van der Waals surface area contributed by atoms with Crippen LogP contribution in [-0.2, 0) is 4.79 Å². The third kappa shape index (κ3) is 4.04. The van der Waals surface area contributed by atoms with Crippen LogP contribution in [0.5, 0.6) is 11.5 Å². The van der Waals surface area contributed by atoms with Crippen LogP contribution < -0.4 is 20.1 Å². The molecule has 2 N–H and O–H groups in total. The van der Waals surface area contributed by atoms with Gasteiger partial charge >= 0.3 is 0 Å². The first-order valence-electron chi connectivity index (χ1n) is 7.36. The fourth-order valence-corrected chi connectivity index (χ4v) is 2.22. The zero-order valence-corrected chi connectivity index (χ0v) is 14.1. The number of hydrogen-bond acceptors (Lipinski definition) is 4. The molecule has 0 saturated carbocycles. The molecule has 2 amide bonds. The summed E-state index contributed by atoms with van der Waals surface area (Å²) in [6.07, 6.45) is 0. The van der Waals surface area contributed by atoms with Crippen molar-refractivity contribution in [3.63, 3.8) is 0 Å². The Labute approximate surface area is 140 Å². The highest BCUT2D eigenvalue weighted by Gasteiger charge is 2.12. The number of aryl methyl sites for hydroxylation is 1. The van der Waals surface area contributed by atoms with Crippen molar-refractivity contribution in [3.05, 3.63) is 47.5 Å². The van der Waals surface area contributed by atoms with E-state index < -0.39 is 0 Å². The van der Waals surface area contributed by atoms with Gasteiger partial charge in [-0.1, -0.05) is 0 Å². The summed E-state index contributed by atoms with van der Waals surface area (Å²) < 4.78 is 10.5. The van der Waals surface area contributed by atoms with Gasteiger partial charge in [-0.25, -0.2) is 0 Å². The Kier molecular flexibility index (Phi) is 5.42. The number of ether oxygens (including phenoxy) is 2. The van der Waals surface area contributed by atoms with Crippen LogP contribution in [0.3, 0.4) is 0 Å². The first kappa shape index (κ1) is 17.3. The van der Waals surface area contributed by atoms with Gasteiger partial charge < -0.3 is 20.1 Å². The van der Waals surface area contributed by atoms with Gasteiger partial charge in [0.05, 0.1) is 14.2 Å². The second-order valence-corrected chi connectivity index (χ2v) is 5.23. The Morgan fingerprint density at radius 1 is 0.917 bits per heavy atom. The molecule has 2 aromatic rings. The average Bonchev–Trinajstić information content (AvgIpc) is 2.56. The van der Waals surface area contributed by atoms with Gasteiger partial charge in [-0.2, -0.15) is 0 Å². The van der Waals surface area contributed by atoms with Crippen LogP contribution in [0.2, 0.25) is 0 Å². The van der Waals surface area contributed by atoms with E-state index in [0.29, 0.717) is 28.4 Å². The lowest BCUT2D eigenvalue weighted by Gasteiger charge is -2.14. The molecular weight excluding hydrogens is 308 g/mol. The molecule has 0 fully saturated rings. The number of methoxy groups -OCH3 is 2. The molecule has 0 spiro atoms. The fraction of sp³-hybridized carbons (Fsp3) is 0.222. The summed E-state index contributed by atoms with van der Waals surface area (Å²) in [4.78, 5) is 23.4. The van der Waals surface area contributed by atoms with Crippen LogP contribution in [0.15, 0.2) is 36.4 Å². The SMILES string of the molecule is COc1cc(C)c(NC(=O)c2ccc(NC(C)=O)cc2)cc1OC. The van der Waals surface area contributed by atoms with Crippen molar-refractivity contribution >= 4 is 23.2 Å². The van der Waals surface area contributed by atoms with Crippen LogP contribution in [0.25, 0.3) is 0 Å². The summed E-state index contributed by atoms with van der Waals surface area (Å²) >= 11 is 0. The maximum absolute atomic E-state index is 12.4. The van der Waals surface area contributed by atoms with Crippen molar-refractivity contribution in [2.45, 2.75) is 13.8 Å². The molecule has 0 bridgehead atoms. The molecule has 0 heterocycles. The summed E-state index contributed by atoms with van der Waals surface area (Å²) in [6.45, 7) is 3.30. The maximum Gasteiger partial charge on any atom is 0.255 e. The molecule has 2 rings (SSSR count). The summed E-state index contributed by atoms with van der Waals surface area (Å²) in [5, 5.41) is 5.51. The average molecular weight is 328 g/mol. The molecule has 6 nitrogen and oxygen atoms in total. The molecule has 0 aliphatic heterocycles. The third-order valence-corrected chi connectivity index (χ3v) is 3.45. The van der Waals surface area contributed by atoms with Crippen LogP contribution >= 0.6 is 0 Å². The Morgan fingerprint density at radius 3 is 2.04 bits per heavy atom. The highest BCUT2D eigenvalue weighted by atomic mass is 16.5. The lowest BCUT2D eigenvalue weighted by atomic mass is 10.1. The van der Waals surface area contributed by atoms with E-state index in [1.807, 2.05) is 6.92 Å². The topological polar surface area (TPSA) is 76.7 Å². The summed E-state index contributed by atoms with van der Waals surface area (Å²) in [6, 6.07) is 10.2. The Balaban J connectivity index is 2.18. The number of rotatable bonds is 5. The van der Waals surface area contributed by atoms with Crippen LogP contribution in [-0.4, -0.2) is 26.0 Å². The fourth-order valence-electron chi connectivity index (χ4n) is 2.22. The van der Waals surface area contributed by atoms with E-state index in [0.717, 1.165) is 5.56 Å². The number of nitrogens with one attached hydrogen (secondary N) is 2. The zero-order valence-electron chi connectivity index (χ0n) is 14.1. The van der Waals surface area contributed by atoms with Gasteiger partial charge in [0.2, 0.25) is 5.91 Å². The number of benzene rings is 2. The lowest BCUT2D eigenvalue weighted by Crippen LogP contribution is -2.13. The van der Waals surface area contributed by atoms with Gasteiger partial charge in [0.25, 0.3) is 5.91 Å². The van der Waals surface area contributed by atoms with E-state index in [9.17, 15) is 9.59 Å². The molecule has 0 atom stereocenters. The van der Waals surface area contributed by atoms with Crippen molar-refractivity contribution < 1.29 is 19.1 Å². The van der Waals surface area contributed by atoms with E-state index in [1.54, 1.807) is 50.6 Å². The smallest absolute Gasteiger partial charge is 0.255 e. The van der Waals surface area contributed by atoms with Crippen molar-refractivity contribution in [2.24, 2.45) is 0 Å². The van der Waals surface area contributed by atoms with E-state index in [2.05, 4.69) is 10.6 Å². The van der Waals surface area contributed by atoms with Crippen molar-refractivity contribution in [2.75, 3.05) is 24.9 Å². The molecule has 0 aliphatic rings. The highest BCUT2D eigenvalue weighted by molar-refractivity contribution is 6.05. The highest BCUT2D eigenvalue weighted by Crippen LogP contribution is 2.33. The van der Waals surface area contributed by atoms with Gasteiger partial charge in [-0.15, -0.1) is 0 Å². The molecular formula is C18H20N2O4. The van der Waals surface area contributed by atoms with Gasteiger partial charge in [-0.3, -0.25) is 9.59 Å². The van der Waals surface area contributed by atoms with Crippen LogP contribution in [0, 0.1) is 6.92 Å². The monoisotopic (exact) mass is 328 g/mol. The Bertz CT molecular complexity index is 754. The van der Waals surface area contributed by atoms with Gasteiger partial charge in [-0.05, 0) is 42.8 Å². The first-order chi connectivity index (χ1) is 11.4. The molecule has 126 valence electrons. The third-order valence-electron chi connectivity index (χ3n) is 3.45. The molecule has 0 saturated heterocycles. The van der Waals surface area contributed by atoms with Gasteiger partial charge in [0.15, 0.2) is 11.5 Å². The number of carbonyl (C=O) groups excluding carboxylic acids is 2. The molecule has 0 unspecified atom stereocenters. The number of carbonyl (C=O) groups is 2. The minimum absolute atomic E-state index is 0.159. The largest absolute Gasteiger partial charge is 0.493 e. The zero-order chi connectivity index (χ0) is 17.7. The first-order valence-corrected chi connectivity index (χ1v) is 7.36. The van der Waals surface area contributed by atoms with Crippen LogP contribution in [0.1, 0.15) is 22.8 Å². The summed E-state index contributed by atoms with van der Waals surface area (Å²) in [5.41, 5.74) is 2.62. The van der Waals surface area contributed by atoms with E-state index in [4.69, 9.17) is 9.47 Å². The predicted molar refractivity (Wildman–Crippen MR) is 93.0 cm³/mol. The minimum atomic E-state index is -0.250. The van der Waals surface area contributed by atoms with E-state index in [1.165, 1.54) is 6.92 Å². The van der Waals surface area contributed by atoms with E-state index >= 15 is 0 Å². The quantitative estimate of drug-likeness (QED) is 0.883.